The van der Waals surface area contributed by atoms with Crippen LogP contribution < -0.4 is 0 Å². The zero-order valence-corrected chi connectivity index (χ0v) is 8.67. The van der Waals surface area contributed by atoms with Crippen LogP contribution in [-0.4, -0.2) is 20.0 Å². The third-order valence-corrected chi connectivity index (χ3v) is 2.67. The summed E-state index contributed by atoms with van der Waals surface area (Å²) in [6.07, 6.45) is 1.38. The first-order valence-electron chi connectivity index (χ1n) is 3.75. The molecule has 13 heavy (non-hydrogen) atoms. The first kappa shape index (κ1) is 11.1. The molecule has 2 atom stereocenters. The third-order valence-electron chi connectivity index (χ3n) is 1.25. The van der Waals surface area contributed by atoms with Crippen LogP contribution in [0.2, 0.25) is 0 Å². The molecule has 0 aromatic heterocycles. The van der Waals surface area contributed by atoms with E-state index in [-0.39, 0.29) is 6.79 Å². The van der Waals surface area contributed by atoms with Gasteiger partial charge in [0.15, 0.2) is 0 Å². The van der Waals surface area contributed by atoms with Crippen molar-refractivity contribution in [2.75, 3.05) is 20.0 Å². The Balaban J connectivity index is 2.31. The molecule has 2 unspecified atom stereocenters. The highest BCUT2D eigenvalue weighted by Crippen LogP contribution is 2.30. The van der Waals surface area contributed by atoms with Gasteiger partial charge in [-0.05, 0) is 12.8 Å². The van der Waals surface area contributed by atoms with Gasteiger partial charge in [0.05, 0.1) is 0 Å². The monoisotopic (exact) mass is 228 g/mol. The van der Waals surface area contributed by atoms with Gasteiger partial charge in [-0.15, -0.1) is 9.05 Å². The minimum atomic E-state index is -2.15. The molecule has 0 radical (unpaired) electrons. The van der Waals surface area contributed by atoms with Gasteiger partial charge in [-0.1, -0.05) is 9.05 Å². The van der Waals surface area contributed by atoms with Gasteiger partial charge in [-0.3, -0.25) is 0 Å². The first-order chi connectivity index (χ1) is 6.29. The van der Waals surface area contributed by atoms with Crippen LogP contribution >= 0.6 is 16.5 Å². The lowest BCUT2D eigenvalue weighted by Gasteiger charge is -1.88. The van der Waals surface area contributed by atoms with Crippen molar-refractivity contribution in [2.24, 2.45) is 0 Å². The third kappa shape index (κ3) is 5.37. The van der Waals surface area contributed by atoms with Crippen LogP contribution in [0, 0.1) is 0 Å². The van der Waals surface area contributed by atoms with Crippen LogP contribution in [0.1, 0.15) is 12.8 Å². The second-order valence-corrected chi connectivity index (χ2v) is 4.12. The highest BCUT2D eigenvalue weighted by molar-refractivity contribution is 7.34. The molecule has 0 N–H and O–H groups in total. The zero-order valence-electron chi connectivity index (χ0n) is 6.88. The van der Waals surface area contributed by atoms with Gasteiger partial charge in [-0.2, -0.15) is 0 Å². The van der Waals surface area contributed by atoms with E-state index in [4.69, 9.17) is 9.05 Å². The van der Waals surface area contributed by atoms with Crippen molar-refractivity contribution in [2.45, 2.75) is 12.8 Å². The molecular weight excluding hydrogens is 218 g/mol. The molecule has 0 saturated carbocycles. The van der Waals surface area contributed by atoms with Gasteiger partial charge >= 0.3 is 16.5 Å². The lowest BCUT2D eigenvalue weighted by Crippen LogP contribution is -1.91. The van der Waals surface area contributed by atoms with E-state index < -0.39 is 16.5 Å². The molecule has 0 spiro atoms. The standard InChI is InChI=1S/C5H10O6P2/c6-12-8-3-1-2-4-9-13(7)11-5-10-12/h1-5H2/q+2. The van der Waals surface area contributed by atoms with Crippen LogP contribution in [-0.2, 0) is 27.2 Å². The Morgan fingerprint density at radius 3 is 1.69 bits per heavy atom. The van der Waals surface area contributed by atoms with Crippen molar-refractivity contribution < 1.29 is 27.2 Å². The molecule has 1 heterocycles. The Bertz CT molecular complexity index is 175. The number of hydrogen-bond donors (Lipinski definition) is 0. The van der Waals surface area contributed by atoms with E-state index in [1.54, 1.807) is 0 Å². The Hall–Kier alpha value is 0.0400. The minimum absolute atomic E-state index is 0.343. The maximum Gasteiger partial charge on any atom is 0.699 e. The van der Waals surface area contributed by atoms with E-state index in [0.29, 0.717) is 26.1 Å². The number of rotatable bonds is 0. The van der Waals surface area contributed by atoms with E-state index in [1.165, 1.54) is 0 Å². The lowest BCUT2D eigenvalue weighted by molar-refractivity contribution is 0.0969. The van der Waals surface area contributed by atoms with E-state index in [2.05, 4.69) is 9.05 Å². The zero-order chi connectivity index (χ0) is 9.52. The van der Waals surface area contributed by atoms with Crippen molar-refractivity contribution >= 4 is 16.5 Å². The molecule has 1 aliphatic rings. The molecule has 1 rings (SSSR count). The van der Waals surface area contributed by atoms with Gasteiger partial charge in [0.1, 0.15) is 13.2 Å². The average Bonchev–Trinajstić information content (AvgIpc) is 2.13. The van der Waals surface area contributed by atoms with E-state index in [0.717, 1.165) is 0 Å². The summed E-state index contributed by atoms with van der Waals surface area (Å²) in [5, 5.41) is 0. The van der Waals surface area contributed by atoms with E-state index in [9.17, 15) is 9.13 Å². The summed E-state index contributed by atoms with van der Waals surface area (Å²) >= 11 is 0. The Kier molecular flexibility index (Phi) is 5.55. The summed E-state index contributed by atoms with van der Waals surface area (Å²) in [7, 11) is -4.31. The van der Waals surface area contributed by atoms with Crippen LogP contribution in [0.5, 0.6) is 0 Å². The quantitative estimate of drug-likeness (QED) is 0.591. The molecule has 1 fully saturated rings. The molecular formula is C5H10O6P2+2. The fourth-order valence-electron chi connectivity index (χ4n) is 0.666. The molecule has 8 heteroatoms. The highest BCUT2D eigenvalue weighted by Gasteiger charge is 2.27. The van der Waals surface area contributed by atoms with E-state index in [1.807, 2.05) is 0 Å². The van der Waals surface area contributed by atoms with Crippen LogP contribution in [0.25, 0.3) is 0 Å². The Labute approximate surface area is 77.4 Å². The van der Waals surface area contributed by atoms with Crippen molar-refractivity contribution in [3.05, 3.63) is 0 Å². The fourth-order valence-corrected chi connectivity index (χ4v) is 1.73. The fraction of sp³-hybridized carbons (Fsp3) is 1.00. The van der Waals surface area contributed by atoms with Gasteiger partial charge in [-0.25, -0.2) is 0 Å². The lowest BCUT2D eigenvalue weighted by atomic mass is 10.3. The van der Waals surface area contributed by atoms with E-state index >= 15 is 0 Å². The maximum absolute atomic E-state index is 10.8. The summed E-state index contributed by atoms with van der Waals surface area (Å²) in [6.45, 7) is 0.342. The second kappa shape index (κ2) is 6.49. The van der Waals surface area contributed by atoms with Crippen LogP contribution in [0.15, 0.2) is 0 Å². The summed E-state index contributed by atoms with van der Waals surface area (Å²) < 4.78 is 40.2. The van der Waals surface area contributed by atoms with Crippen molar-refractivity contribution in [1.82, 2.24) is 0 Å². The van der Waals surface area contributed by atoms with Crippen molar-refractivity contribution in [1.29, 1.82) is 0 Å². The Morgan fingerprint density at radius 2 is 1.23 bits per heavy atom. The van der Waals surface area contributed by atoms with Crippen LogP contribution in [0.4, 0.5) is 0 Å². The predicted molar refractivity (Wildman–Crippen MR) is 43.4 cm³/mol. The molecule has 1 aliphatic heterocycles. The summed E-state index contributed by atoms with van der Waals surface area (Å²) in [5.74, 6) is 0. The Morgan fingerprint density at radius 1 is 0.769 bits per heavy atom. The predicted octanol–water partition coefficient (Wildman–Crippen LogP) is 2.12. The SMILES string of the molecule is O=[P+]1OCCCCO[P+](=O)OCO1. The van der Waals surface area contributed by atoms with Crippen molar-refractivity contribution in [3.63, 3.8) is 0 Å². The number of hydrogen-bond acceptors (Lipinski definition) is 6. The molecule has 1 saturated heterocycles. The molecule has 0 bridgehead atoms. The van der Waals surface area contributed by atoms with Gasteiger partial charge in [0.2, 0.25) is 0 Å². The molecule has 0 amide bonds. The highest BCUT2D eigenvalue weighted by atomic mass is 31.1. The molecule has 74 valence electrons. The smallest absolute Gasteiger partial charge is 0.119 e. The summed E-state index contributed by atoms with van der Waals surface area (Å²) in [6, 6.07) is 0. The van der Waals surface area contributed by atoms with Crippen molar-refractivity contribution in [3.8, 4) is 0 Å². The minimum Gasteiger partial charge on any atom is -0.119 e. The summed E-state index contributed by atoms with van der Waals surface area (Å²) in [5.41, 5.74) is 0. The second-order valence-electron chi connectivity index (χ2n) is 2.20. The molecule has 0 aliphatic carbocycles. The maximum atomic E-state index is 10.8. The van der Waals surface area contributed by atoms with Gasteiger partial charge < -0.3 is 0 Å². The first-order valence-corrected chi connectivity index (χ1v) is 5.94. The largest absolute Gasteiger partial charge is 0.699 e. The topological polar surface area (TPSA) is 71.1 Å². The normalized spacial score (nSPS) is 28.0. The van der Waals surface area contributed by atoms with Gasteiger partial charge in [0.25, 0.3) is 6.79 Å². The molecule has 6 nitrogen and oxygen atoms in total. The molecule has 0 aromatic rings. The average molecular weight is 228 g/mol. The van der Waals surface area contributed by atoms with Crippen LogP contribution in [0.3, 0.4) is 0 Å². The summed E-state index contributed by atoms with van der Waals surface area (Å²) in [4.78, 5) is 0. The van der Waals surface area contributed by atoms with Gasteiger partial charge in [0, 0.05) is 9.13 Å². The molecule has 0 aromatic carbocycles.